The van der Waals surface area contributed by atoms with E-state index in [-0.39, 0.29) is 11.8 Å². The molecule has 0 aliphatic carbocycles. The highest BCUT2D eigenvalue weighted by atomic mass is 16.3. The first-order chi connectivity index (χ1) is 7.09. The lowest BCUT2D eigenvalue weighted by Crippen LogP contribution is -2.24. The van der Waals surface area contributed by atoms with E-state index in [1.807, 2.05) is 13.8 Å². The number of carbonyl (C=O) groups excluding carboxylic acids is 1. The van der Waals surface area contributed by atoms with Crippen molar-refractivity contribution in [2.24, 2.45) is 0 Å². The highest BCUT2D eigenvalue weighted by molar-refractivity contribution is 5.91. The third kappa shape index (κ3) is 3.72. The molecule has 2 amide bonds. The smallest absolute Gasteiger partial charge is 0.323 e. The lowest BCUT2D eigenvalue weighted by Gasteiger charge is -2.06. The summed E-state index contributed by atoms with van der Waals surface area (Å²) in [6.07, 6.45) is 1.59. The Morgan fingerprint density at radius 3 is 2.60 bits per heavy atom. The summed E-state index contributed by atoms with van der Waals surface area (Å²) in [7, 11) is 0. The summed E-state index contributed by atoms with van der Waals surface area (Å²) in [6.45, 7) is 3.75. The van der Waals surface area contributed by atoms with Gasteiger partial charge in [-0.25, -0.2) is 4.79 Å². The molecule has 4 heteroatoms. The first-order valence-electron chi connectivity index (χ1n) is 4.58. The molecule has 0 spiro atoms. The van der Waals surface area contributed by atoms with E-state index in [1.165, 1.54) is 6.07 Å². The molecule has 0 heterocycles. The molecule has 0 aliphatic heterocycles. The maximum Gasteiger partial charge on any atom is 0.323 e. The minimum Gasteiger partial charge on any atom is -0.506 e. The minimum atomic E-state index is -0.377. The van der Waals surface area contributed by atoms with Gasteiger partial charge in [0.25, 0.3) is 0 Å². The fraction of sp³-hybridized carbons (Fsp3) is 0.182. The average molecular weight is 206 g/mol. The van der Waals surface area contributed by atoms with Crippen molar-refractivity contribution in [3.63, 3.8) is 0 Å². The normalized spacial score (nSPS) is 9.20. The standard InChI is InChI=1S/C11H14N2O2/c1-8(2)7-12-11(15)13-9-5-3-4-6-10(9)14/h3-7,14H,1-2H3,(H2,12,13,15). The van der Waals surface area contributed by atoms with Crippen LogP contribution in [-0.2, 0) is 0 Å². The Labute approximate surface area is 88.6 Å². The number of hydrogen-bond donors (Lipinski definition) is 3. The van der Waals surface area contributed by atoms with Crippen molar-refractivity contribution in [1.82, 2.24) is 5.32 Å². The second kappa shape index (κ2) is 5.05. The van der Waals surface area contributed by atoms with E-state index in [2.05, 4.69) is 10.6 Å². The lowest BCUT2D eigenvalue weighted by atomic mass is 10.3. The van der Waals surface area contributed by atoms with Gasteiger partial charge in [0.15, 0.2) is 0 Å². The molecule has 4 nitrogen and oxygen atoms in total. The second-order valence-corrected chi connectivity index (χ2v) is 3.34. The van der Waals surface area contributed by atoms with Crippen LogP contribution in [0.1, 0.15) is 13.8 Å². The van der Waals surface area contributed by atoms with Gasteiger partial charge in [0.05, 0.1) is 5.69 Å². The molecular weight excluding hydrogens is 192 g/mol. The summed E-state index contributed by atoms with van der Waals surface area (Å²) in [5.41, 5.74) is 1.37. The first-order valence-corrected chi connectivity index (χ1v) is 4.58. The number of nitrogens with one attached hydrogen (secondary N) is 2. The molecule has 0 fully saturated rings. The molecule has 15 heavy (non-hydrogen) atoms. The number of rotatable bonds is 2. The number of anilines is 1. The molecule has 80 valence electrons. The Morgan fingerprint density at radius 2 is 2.00 bits per heavy atom. The number of phenolic OH excluding ortho intramolecular Hbond substituents is 1. The van der Waals surface area contributed by atoms with Crippen molar-refractivity contribution in [3.05, 3.63) is 36.0 Å². The Balaban J connectivity index is 2.59. The van der Waals surface area contributed by atoms with Gasteiger partial charge in [0.2, 0.25) is 0 Å². The monoisotopic (exact) mass is 206 g/mol. The quantitative estimate of drug-likeness (QED) is 0.651. The maximum atomic E-state index is 11.3. The van der Waals surface area contributed by atoms with Crippen LogP contribution in [0, 0.1) is 0 Å². The van der Waals surface area contributed by atoms with Gasteiger partial charge in [0, 0.05) is 6.20 Å². The third-order valence-electron chi connectivity index (χ3n) is 1.64. The van der Waals surface area contributed by atoms with Crippen molar-refractivity contribution in [2.75, 3.05) is 5.32 Å². The van der Waals surface area contributed by atoms with Crippen LogP contribution < -0.4 is 10.6 Å². The zero-order chi connectivity index (χ0) is 11.3. The van der Waals surface area contributed by atoms with Gasteiger partial charge < -0.3 is 15.7 Å². The molecule has 0 unspecified atom stereocenters. The first kappa shape index (κ1) is 11.1. The van der Waals surface area contributed by atoms with Gasteiger partial charge in [-0.3, -0.25) is 0 Å². The Morgan fingerprint density at radius 1 is 1.33 bits per heavy atom. The highest BCUT2D eigenvalue weighted by Gasteiger charge is 2.02. The molecule has 0 aromatic heterocycles. The van der Waals surface area contributed by atoms with Crippen molar-refractivity contribution < 1.29 is 9.90 Å². The van der Waals surface area contributed by atoms with Crippen LogP contribution in [0.2, 0.25) is 0 Å². The highest BCUT2D eigenvalue weighted by Crippen LogP contribution is 2.20. The molecule has 0 radical (unpaired) electrons. The topological polar surface area (TPSA) is 61.4 Å². The molecular formula is C11H14N2O2. The Hall–Kier alpha value is -1.97. The predicted octanol–water partition coefficient (Wildman–Crippen LogP) is 2.44. The van der Waals surface area contributed by atoms with Crippen molar-refractivity contribution >= 4 is 11.7 Å². The molecule has 0 atom stereocenters. The number of aromatic hydroxyl groups is 1. The summed E-state index contributed by atoms with van der Waals surface area (Å²) in [6, 6.07) is 6.18. The molecule has 1 rings (SSSR count). The maximum absolute atomic E-state index is 11.3. The largest absolute Gasteiger partial charge is 0.506 e. The molecule has 0 saturated carbocycles. The van der Waals surface area contributed by atoms with Crippen LogP contribution in [0.25, 0.3) is 0 Å². The molecule has 0 saturated heterocycles. The van der Waals surface area contributed by atoms with Gasteiger partial charge in [-0.1, -0.05) is 17.7 Å². The summed E-state index contributed by atoms with van der Waals surface area (Å²) in [5, 5.41) is 14.4. The summed E-state index contributed by atoms with van der Waals surface area (Å²) >= 11 is 0. The van der Waals surface area contributed by atoms with E-state index in [9.17, 15) is 9.90 Å². The minimum absolute atomic E-state index is 0.0462. The average Bonchev–Trinajstić information content (AvgIpc) is 2.18. The van der Waals surface area contributed by atoms with E-state index in [0.717, 1.165) is 5.57 Å². The summed E-state index contributed by atoms with van der Waals surface area (Å²) in [5.74, 6) is 0.0462. The number of hydrogen-bond acceptors (Lipinski definition) is 2. The molecule has 1 aromatic rings. The van der Waals surface area contributed by atoms with Gasteiger partial charge in [-0.15, -0.1) is 0 Å². The van der Waals surface area contributed by atoms with Crippen LogP contribution in [0.5, 0.6) is 5.75 Å². The van der Waals surface area contributed by atoms with E-state index in [0.29, 0.717) is 5.69 Å². The SMILES string of the molecule is CC(C)=CNC(=O)Nc1ccccc1O. The molecule has 3 N–H and O–H groups in total. The number of amides is 2. The van der Waals surface area contributed by atoms with Crippen LogP contribution in [-0.4, -0.2) is 11.1 Å². The fourth-order valence-electron chi connectivity index (χ4n) is 0.948. The number of carbonyl (C=O) groups is 1. The lowest BCUT2D eigenvalue weighted by molar-refractivity contribution is 0.255. The van der Waals surface area contributed by atoms with Crippen molar-refractivity contribution in [1.29, 1.82) is 0 Å². The number of benzene rings is 1. The van der Waals surface area contributed by atoms with E-state index in [4.69, 9.17) is 0 Å². The van der Waals surface area contributed by atoms with Crippen LogP contribution in [0.15, 0.2) is 36.0 Å². The second-order valence-electron chi connectivity index (χ2n) is 3.34. The Kier molecular flexibility index (Phi) is 3.74. The summed E-state index contributed by atoms with van der Waals surface area (Å²) in [4.78, 5) is 11.3. The number of urea groups is 1. The fourth-order valence-corrected chi connectivity index (χ4v) is 0.948. The van der Waals surface area contributed by atoms with E-state index < -0.39 is 0 Å². The molecule has 0 bridgehead atoms. The van der Waals surface area contributed by atoms with E-state index >= 15 is 0 Å². The van der Waals surface area contributed by atoms with Crippen LogP contribution >= 0.6 is 0 Å². The zero-order valence-corrected chi connectivity index (χ0v) is 8.74. The Bertz CT molecular complexity index is 382. The van der Waals surface area contributed by atoms with Crippen LogP contribution in [0.3, 0.4) is 0 Å². The zero-order valence-electron chi connectivity index (χ0n) is 8.74. The predicted molar refractivity (Wildman–Crippen MR) is 59.7 cm³/mol. The number of phenols is 1. The van der Waals surface area contributed by atoms with Gasteiger partial charge in [0.1, 0.15) is 5.75 Å². The van der Waals surface area contributed by atoms with Crippen molar-refractivity contribution in [2.45, 2.75) is 13.8 Å². The van der Waals surface area contributed by atoms with E-state index in [1.54, 1.807) is 24.4 Å². The third-order valence-corrected chi connectivity index (χ3v) is 1.64. The number of para-hydroxylation sites is 2. The molecule has 0 aliphatic rings. The van der Waals surface area contributed by atoms with Crippen molar-refractivity contribution in [3.8, 4) is 5.75 Å². The summed E-state index contributed by atoms with van der Waals surface area (Å²) < 4.78 is 0. The van der Waals surface area contributed by atoms with Gasteiger partial charge in [-0.05, 0) is 26.0 Å². The molecule has 1 aromatic carbocycles. The van der Waals surface area contributed by atoms with Gasteiger partial charge >= 0.3 is 6.03 Å². The van der Waals surface area contributed by atoms with Gasteiger partial charge in [-0.2, -0.15) is 0 Å². The van der Waals surface area contributed by atoms with Crippen LogP contribution in [0.4, 0.5) is 10.5 Å². The number of allylic oxidation sites excluding steroid dienone is 1.